The van der Waals surface area contributed by atoms with E-state index in [4.69, 9.17) is 11.6 Å². The molecule has 0 fully saturated rings. The van der Waals surface area contributed by atoms with Crippen LogP contribution in [0.1, 0.15) is 5.56 Å². The van der Waals surface area contributed by atoms with E-state index >= 15 is 0 Å². The maximum absolute atomic E-state index is 12.4. The van der Waals surface area contributed by atoms with E-state index in [-0.39, 0.29) is 9.79 Å². The van der Waals surface area contributed by atoms with Crippen LogP contribution < -0.4 is 4.72 Å². The molecule has 0 aliphatic heterocycles. The van der Waals surface area contributed by atoms with Crippen LogP contribution in [-0.2, 0) is 20.0 Å². The van der Waals surface area contributed by atoms with E-state index in [9.17, 15) is 16.8 Å². The van der Waals surface area contributed by atoms with Crippen LogP contribution in [0.2, 0.25) is 5.02 Å². The monoisotopic (exact) mass is 388 g/mol. The zero-order chi connectivity index (χ0) is 18.1. The van der Waals surface area contributed by atoms with E-state index in [0.29, 0.717) is 16.3 Å². The molecule has 2 aromatic rings. The Hall–Kier alpha value is -1.61. The van der Waals surface area contributed by atoms with Gasteiger partial charge < -0.3 is 0 Å². The van der Waals surface area contributed by atoms with Crippen molar-refractivity contribution in [3.63, 3.8) is 0 Å². The molecule has 0 bridgehead atoms. The fraction of sp³-hybridized carbons (Fsp3) is 0.200. The van der Waals surface area contributed by atoms with Crippen LogP contribution in [0.3, 0.4) is 0 Å². The predicted molar refractivity (Wildman–Crippen MR) is 94.3 cm³/mol. The molecule has 0 spiro atoms. The third kappa shape index (κ3) is 3.72. The molecule has 0 amide bonds. The predicted octanol–water partition coefficient (Wildman–Crippen LogP) is 2.70. The van der Waals surface area contributed by atoms with Gasteiger partial charge in [0.15, 0.2) is 0 Å². The van der Waals surface area contributed by atoms with Crippen molar-refractivity contribution in [2.75, 3.05) is 18.8 Å². The molecule has 9 heteroatoms. The molecule has 6 nitrogen and oxygen atoms in total. The highest BCUT2D eigenvalue weighted by atomic mass is 35.5. The van der Waals surface area contributed by atoms with E-state index in [1.165, 1.54) is 38.4 Å². The van der Waals surface area contributed by atoms with E-state index in [1.54, 1.807) is 25.1 Å². The van der Waals surface area contributed by atoms with Gasteiger partial charge in [-0.15, -0.1) is 0 Å². The summed E-state index contributed by atoms with van der Waals surface area (Å²) < 4.78 is 52.4. The van der Waals surface area contributed by atoms with Gasteiger partial charge in [-0.2, -0.15) is 0 Å². The fourth-order valence-corrected chi connectivity index (χ4v) is 4.12. The maximum Gasteiger partial charge on any atom is 0.261 e. The van der Waals surface area contributed by atoms with Crippen molar-refractivity contribution < 1.29 is 16.8 Å². The molecule has 0 atom stereocenters. The molecule has 130 valence electrons. The Kier molecular flexibility index (Phi) is 5.24. The average Bonchev–Trinajstić information content (AvgIpc) is 2.51. The Morgan fingerprint density at radius 2 is 1.46 bits per heavy atom. The first kappa shape index (κ1) is 18.7. The van der Waals surface area contributed by atoms with Crippen LogP contribution in [0, 0.1) is 6.92 Å². The third-order valence-corrected chi connectivity index (χ3v) is 7.04. The average molecular weight is 389 g/mol. The van der Waals surface area contributed by atoms with Gasteiger partial charge >= 0.3 is 0 Å². The first-order valence-electron chi connectivity index (χ1n) is 6.86. The van der Waals surface area contributed by atoms with Crippen LogP contribution in [0.25, 0.3) is 0 Å². The lowest BCUT2D eigenvalue weighted by molar-refractivity contribution is 0.520. The van der Waals surface area contributed by atoms with Gasteiger partial charge in [-0.25, -0.2) is 21.1 Å². The molecule has 0 radical (unpaired) electrons. The van der Waals surface area contributed by atoms with Crippen LogP contribution in [-0.4, -0.2) is 35.2 Å². The lowest BCUT2D eigenvalue weighted by Crippen LogP contribution is -2.22. The summed E-state index contributed by atoms with van der Waals surface area (Å²) in [5.41, 5.74) is 0.974. The van der Waals surface area contributed by atoms with E-state index in [0.717, 1.165) is 4.31 Å². The second-order valence-corrected chi connectivity index (χ2v) is 9.52. The number of sulfonamides is 2. The van der Waals surface area contributed by atoms with Crippen molar-refractivity contribution in [3.05, 3.63) is 53.1 Å². The summed E-state index contributed by atoms with van der Waals surface area (Å²) in [6, 6.07) is 9.92. The molecule has 0 aliphatic carbocycles. The zero-order valence-electron chi connectivity index (χ0n) is 13.3. The lowest BCUT2D eigenvalue weighted by atomic mass is 10.2. The van der Waals surface area contributed by atoms with Gasteiger partial charge in [-0.3, -0.25) is 4.72 Å². The molecule has 24 heavy (non-hydrogen) atoms. The zero-order valence-corrected chi connectivity index (χ0v) is 15.7. The van der Waals surface area contributed by atoms with Crippen molar-refractivity contribution in [3.8, 4) is 0 Å². The molecule has 2 rings (SSSR count). The molecule has 0 aliphatic rings. The number of nitrogens with one attached hydrogen (secondary N) is 1. The Morgan fingerprint density at radius 1 is 0.917 bits per heavy atom. The van der Waals surface area contributed by atoms with Gasteiger partial charge in [0.1, 0.15) is 0 Å². The molecule has 2 aromatic carbocycles. The highest BCUT2D eigenvalue weighted by molar-refractivity contribution is 7.92. The quantitative estimate of drug-likeness (QED) is 0.853. The summed E-state index contributed by atoms with van der Waals surface area (Å²) in [5, 5.41) is 0.447. The number of benzene rings is 2. The first-order chi connectivity index (χ1) is 11.1. The Bertz CT molecular complexity index is 953. The Balaban J connectivity index is 2.36. The number of hydrogen-bond acceptors (Lipinski definition) is 4. The van der Waals surface area contributed by atoms with Gasteiger partial charge in [-0.1, -0.05) is 17.7 Å². The van der Waals surface area contributed by atoms with Gasteiger partial charge in [-0.05, 0) is 48.9 Å². The van der Waals surface area contributed by atoms with Crippen LogP contribution >= 0.6 is 11.6 Å². The third-order valence-electron chi connectivity index (χ3n) is 3.42. The maximum atomic E-state index is 12.4. The molecular weight excluding hydrogens is 372 g/mol. The highest BCUT2D eigenvalue weighted by Gasteiger charge is 2.20. The van der Waals surface area contributed by atoms with Gasteiger partial charge in [0.05, 0.1) is 15.5 Å². The Morgan fingerprint density at radius 3 is 2.00 bits per heavy atom. The summed E-state index contributed by atoms with van der Waals surface area (Å²) >= 11 is 5.98. The van der Waals surface area contributed by atoms with Gasteiger partial charge in [0.2, 0.25) is 10.0 Å². The van der Waals surface area contributed by atoms with E-state index in [1.807, 2.05) is 0 Å². The molecule has 1 N–H and O–H groups in total. The minimum Gasteiger partial charge on any atom is -0.279 e. The fourth-order valence-electron chi connectivity index (χ4n) is 1.92. The van der Waals surface area contributed by atoms with Crippen molar-refractivity contribution in [2.45, 2.75) is 16.7 Å². The van der Waals surface area contributed by atoms with Crippen molar-refractivity contribution in [1.82, 2.24) is 4.31 Å². The van der Waals surface area contributed by atoms with Crippen molar-refractivity contribution in [1.29, 1.82) is 0 Å². The molecule has 0 saturated carbocycles. The van der Waals surface area contributed by atoms with Gasteiger partial charge in [0, 0.05) is 19.1 Å². The molecule has 0 aromatic heterocycles. The van der Waals surface area contributed by atoms with E-state index in [2.05, 4.69) is 4.72 Å². The van der Waals surface area contributed by atoms with Crippen LogP contribution in [0.4, 0.5) is 5.69 Å². The second-order valence-electron chi connectivity index (χ2n) is 5.28. The first-order valence-corrected chi connectivity index (χ1v) is 10.2. The van der Waals surface area contributed by atoms with Crippen LogP contribution in [0.15, 0.2) is 52.3 Å². The summed E-state index contributed by atoms with van der Waals surface area (Å²) in [6.07, 6.45) is 0. The van der Waals surface area contributed by atoms with Crippen LogP contribution in [0.5, 0.6) is 0 Å². The lowest BCUT2D eigenvalue weighted by Gasteiger charge is -2.13. The molecule has 0 heterocycles. The minimum atomic E-state index is -3.85. The SMILES string of the molecule is Cc1c(Cl)cccc1NS(=O)(=O)c1ccc(S(=O)(=O)N(C)C)cc1. The number of hydrogen-bond donors (Lipinski definition) is 1. The van der Waals surface area contributed by atoms with Crippen molar-refractivity contribution in [2.24, 2.45) is 0 Å². The number of halogens is 1. The van der Waals surface area contributed by atoms with Gasteiger partial charge in [0.25, 0.3) is 10.0 Å². The summed E-state index contributed by atoms with van der Waals surface area (Å²) in [5.74, 6) is 0. The second kappa shape index (κ2) is 6.72. The number of rotatable bonds is 5. The molecule has 0 saturated heterocycles. The normalized spacial score (nSPS) is 12.4. The smallest absolute Gasteiger partial charge is 0.261 e. The molecular formula is C15H17ClN2O4S2. The summed E-state index contributed by atoms with van der Waals surface area (Å²) in [7, 11) is -4.65. The molecule has 0 unspecified atom stereocenters. The summed E-state index contributed by atoms with van der Waals surface area (Å²) in [4.78, 5) is -0.0232. The number of nitrogens with zero attached hydrogens (tertiary/aromatic N) is 1. The highest BCUT2D eigenvalue weighted by Crippen LogP contribution is 2.26. The minimum absolute atomic E-state index is 0.0189. The largest absolute Gasteiger partial charge is 0.279 e. The topological polar surface area (TPSA) is 83.5 Å². The van der Waals surface area contributed by atoms with Crippen molar-refractivity contribution >= 4 is 37.3 Å². The standard InChI is InChI=1S/C15H17ClN2O4S2/c1-11-14(16)5-4-6-15(11)17-23(19,20)12-7-9-13(10-8-12)24(21,22)18(2)3/h4-10,17H,1-3H3. The van der Waals surface area contributed by atoms with E-state index < -0.39 is 20.0 Å². The number of anilines is 1. The Labute approximate surface area is 147 Å². The summed E-state index contributed by atoms with van der Waals surface area (Å²) in [6.45, 7) is 1.70.